The number of amides is 1. The molecule has 4 nitrogen and oxygen atoms in total. The van der Waals surface area contributed by atoms with Gasteiger partial charge in [0.25, 0.3) is 5.91 Å². The van der Waals surface area contributed by atoms with Crippen LogP contribution in [0.4, 0.5) is 0 Å². The van der Waals surface area contributed by atoms with Crippen molar-refractivity contribution >= 4 is 17.5 Å². The first-order valence-electron chi connectivity index (χ1n) is 5.84. The molecule has 0 radical (unpaired) electrons. The van der Waals surface area contributed by atoms with E-state index in [2.05, 4.69) is 5.32 Å². The Morgan fingerprint density at radius 3 is 2.94 bits per heavy atom. The van der Waals surface area contributed by atoms with Gasteiger partial charge in [0, 0.05) is 19.8 Å². The summed E-state index contributed by atoms with van der Waals surface area (Å²) in [5.41, 5.74) is 0.563. The van der Waals surface area contributed by atoms with Crippen molar-refractivity contribution < 1.29 is 9.90 Å². The summed E-state index contributed by atoms with van der Waals surface area (Å²) in [4.78, 5) is 11.9. The molecule has 0 spiro atoms. The van der Waals surface area contributed by atoms with E-state index in [1.54, 1.807) is 23.9 Å². The number of hydrogen-bond donors (Lipinski definition) is 2. The molecule has 0 bridgehead atoms. The molecule has 17 heavy (non-hydrogen) atoms. The summed E-state index contributed by atoms with van der Waals surface area (Å²) in [5.74, 6) is 0.283. The van der Waals surface area contributed by atoms with Gasteiger partial charge in [0.2, 0.25) is 0 Å². The topological polar surface area (TPSA) is 54.3 Å². The van der Waals surface area contributed by atoms with Crippen molar-refractivity contribution in [3.63, 3.8) is 0 Å². The molecular formula is C12H17ClN2O2. The fraction of sp³-hybridized carbons (Fsp3) is 0.583. The van der Waals surface area contributed by atoms with Crippen LogP contribution in [0, 0.1) is 5.92 Å². The Morgan fingerprint density at radius 1 is 1.65 bits per heavy atom. The average Bonchev–Trinajstić information content (AvgIpc) is 2.81. The van der Waals surface area contributed by atoms with E-state index < -0.39 is 0 Å². The van der Waals surface area contributed by atoms with E-state index in [0.717, 1.165) is 19.3 Å². The smallest absolute Gasteiger partial charge is 0.267 e. The minimum atomic E-state index is -0.193. The van der Waals surface area contributed by atoms with Crippen molar-refractivity contribution in [2.45, 2.75) is 25.4 Å². The maximum absolute atomic E-state index is 11.9. The van der Waals surface area contributed by atoms with Crippen LogP contribution in [-0.4, -0.2) is 28.2 Å². The molecule has 1 amide bonds. The van der Waals surface area contributed by atoms with Crippen molar-refractivity contribution in [3.05, 3.63) is 23.0 Å². The average molecular weight is 257 g/mol. The van der Waals surface area contributed by atoms with Gasteiger partial charge in [0.1, 0.15) is 5.69 Å². The van der Waals surface area contributed by atoms with Crippen molar-refractivity contribution in [2.24, 2.45) is 13.0 Å². The Morgan fingerprint density at radius 2 is 2.41 bits per heavy atom. The number of hydrogen-bond acceptors (Lipinski definition) is 2. The first-order valence-corrected chi connectivity index (χ1v) is 6.22. The highest BCUT2D eigenvalue weighted by Crippen LogP contribution is 2.24. The van der Waals surface area contributed by atoms with Crippen LogP contribution in [0.25, 0.3) is 0 Å². The van der Waals surface area contributed by atoms with Gasteiger partial charge in [0.05, 0.1) is 11.1 Å². The molecule has 2 unspecified atom stereocenters. The number of aliphatic hydroxyl groups is 1. The van der Waals surface area contributed by atoms with E-state index in [4.69, 9.17) is 11.6 Å². The number of aryl methyl sites for hydroxylation is 1. The lowest BCUT2D eigenvalue weighted by Gasteiger charge is -2.11. The van der Waals surface area contributed by atoms with Crippen LogP contribution >= 0.6 is 11.6 Å². The summed E-state index contributed by atoms with van der Waals surface area (Å²) in [6, 6.07) is 1.65. The summed E-state index contributed by atoms with van der Waals surface area (Å²) in [7, 11) is 1.79. The largest absolute Gasteiger partial charge is 0.393 e. The Labute approximate surface area is 106 Å². The molecule has 1 aliphatic rings. The maximum atomic E-state index is 11.9. The van der Waals surface area contributed by atoms with Gasteiger partial charge >= 0.3 is 0 Å². The molecule has 1 fully saturated rings. The van der Waals surface area contributed by atoms with Crippen LogP contribution in [0.3, 0.4) is 0 Å². The standard InChI is InChI=1S/C12H17ClN2O2/c1-15-7-9(13)5-11(15)12(17)14-6-8-2-3-10(16)4-8/h5,7-8,10,16H,2-4,6H2,1H3,(H,14,17). The van der Waals surface area contributed by atoms with Gasteiger partial charge < -0.3 is 15.0 Å². The molecule has 1 saturated carbocycles. The van der Waals surface area contributed by atoms with Crippen molar-refractivity contribution in [1.29, 1.82) is 0 Å². The lowest BCUT2D eigenvalue weighted by molar-refractivity contribution is 0.0937. The van der Waals surface area contributed by atoms with Gasteiger partial charge in [-0.05, 0) is 31.2 Å². The number of carbonyl (C=O) groups excluding carboxylic acids is 1. The molecule has 0 aliphatic heterocycles. The molecule has 2 N–H and O–H groups in total. The molecule has 94 valence electrons. The number of halogens is 1. The van der Waals surface area contributed by atoms with Gasteiger partial charge in [-0.25, -0.2) is 0 Å². The van der Waals surface area contributed by atoms with Crippen molar-refractivity contribution in [2.75, 3.05) is 6.54 Å². The number of nitrogens with one attached hydrogen (secondary N) is 1. The van der Waals surface area contributed by atoms with Crippen molar-refractivity contribution in [3.8, 4) is 0 Å². The predicted octanol–water partition coefficient (Wildman–Crippen LogP) is 1.57. The van der Waals surface area contributed by atoms with E-state index in [1.165, 1.54) is 0 Å². The number of aromatic nitrogens is 1. The molecule has 0 aromatic carbocycles. The second-order valence-corrected chi connectivity index (χ2v) is 5.13. The first kappa shape index (κ1) is 12.5. The van der Waals surface area contributed by atoms with Crippen molar-refractivity contribution in [1.82, 2.24) is 9.88 Å². The Kier molecular flexibility index (Phi) is 3.74. The minimum Gasteiger partial charge on any atom is -0.393 e. The second-order valence-electron chi connectivity index (χ2n) is 4.70. The molecule has 2 rings (SSSR count). The summed E-state index contributed by atoms with van der Waals surface area (Å²) in [5, 5.41) is 12.8. The van der Waals surface area contributed by atoms with Gasteiger partial charge in [0.15, 0.2) is 0 Å². The normalized spacial score (nSPS) is 23.9. The lowest BCUT2D eigenvalue weighted by atomic mass is 10.1. The summed E-state index contributed by atoms with van der Waals surface area (Å²) < 4.78 is 1.71. The molecule has 5 heteroatoms. The van der Waals surface area contributed by atoms with E-state index in [9.17, 15) is 9.90 Å². The molecule has 0 saturated heterocycles. The van der Waals surface area contributed by atoms with Crippen LogP contribution in [-0.2, 0) is 7.05 Å². The van der Waals surface area contributed by atoms with Crippen LogP contribution in [0.5, 0.6) is 0 Å². The van der Waals surface area contributed by atoms with Gasteiger partial charge in [-0.15, -0.1) is 0 Å². The molecule has 1 heterocycles. The van der Waals surface area contributed by atoms with Gasteiger partial charge in [-0.3, -0.25) is 4.79 Å². The summed E-state index contributed by atoms with van der Waals surface area (Å²) in [6.45, 7) is 0.624. The van der Waals surface area contributed by atoms with E-state index in [-0.39, 0.29) is 12.0 Å². The highest BCUT2D eigenvalue weighted by atomic mass is 35.5. The third-order valence-electron chi connectivity index (χ3n) is 3.27. The Bertz CT molecular complexity index is 417. The van der Waals surface area contributed by atoms with Crippen LogP contribution in [0.2, 0.25) is 5.02 Å². The number of rotatable bonds is 3. The van der Waals surface area contributed by atoms with E-state index in [1.807, 2.05) is 0 Å². The quantitative estimate of drug-likeness (QED) is 0.863. The minimum absolute atomic E-state index is 0.110. The highest BCUT2D eigenvalue weighted by Gasteiger charge is 2.23. The summed E-state index contributed by atoms with van der Waals surface area (Å²) >= 11 is 5.82. The van der Waals surface area contributed by atoms with E-state index in [0.29, 0.717) is 23.2 Å². The first-order chi connectivity index (χ1) is 8.06. The lowest BCUT2D eigenvalue weighted by Crippen LogP contribution is -2.29. The third-order valence-corrected chi connectivity index (χ3v) is 3.48. The fourth-order valence-electron chi connectivity index (χ4n) is 2.31. The maximum Gasteiger partial charge on any atom is 0.267 e. The molecule has 2 atom stereocenters. The third kappa shape index (κ3) is 3.01. The SMILES string of the molecule is Cn1cc(Cl)cc1C(=O)NCC1CCC(O)C1. The molecular weight excluding hydrogens is 240 g/mol. The zero-order valence-electron chi connectivity index (χ0n) is 9.82. The Hall–Kier alpha value is -1.00. The van der Waals surface area contributed by atoms with Gasteiger partial charge in [-0.2, -0.15) is 0 Å². The number of aliphatic hydroxyl groups excluding tert-OH is 1. The van der Waals surface area contributed by atoms with Crippen LogP contribution in [0.15, 0.2) is 12.3 Å². The molecule has 1 aliphatic carbocycles. The van der Waals surface area contributed by atoms with E-state index >= 15 is 0 Å². The fourth-order valence-corrected chi connectivity index (χ4v) is 2.56. The highest BCUT2D eigenvalue weighted by molar-refractivity contribution is 6.31. The monoisotopic (exact) mass is 256 g/mol. The van der Waals surface area contributed by atoms with Crippen LogP contribution < -0.4 is 5.32 Å². The second kappa shape index (κ2) is 5.10. The molecule has 1 aromatic heterocycles. The number of carbonyl (C=O) groups is 1. The predicted molar refractivity (Wildman–Crippen MR) is 66.1 cm³/mol. The zero-order valence-corrected chi connectivity index (χ0v) is 10.6. The van der Waals surface area contributed by atoms with Gasteiger partial charge in [-0.1, -0.05) is 11.6 Å². The summed E-state index contributed by atoms with van der Waals surface area (Å²) in [6.07, 6.45) is 4.12. The number of nitrogens with zero attached hydrogens (tertiary/aromatic N) is 1. The molecule has 1 aromatic rings. The zero-order chi connectivity index (χ0) is 12.4. The van der Waals surface area contributed by atoms with Crippen LogP contribution in [0.1, 0.15) is 29.8 Å². The Balaban J connectivity index is 1.87.